The van der Waals surface area contributed by atoms with Crippen LogP contribution in [0.3, 0.4) is 0 Å². The number of aryl methyl sites for hydroxylation is 1. The summed E-state index contributed by atoms with van der Waals surface area (Å²) in [5, 5.41) is 10.9. The Morgan fingerprint density at radius 1 is 1.00 bits per heavy atom. The Hall–Kier alpha value is -2.85. The molecule has 0 aliphatic heterocycles. The van der Waals surface area contributed by atoms with Crippen molar-refractivity contribution < 1.29 is 14.6 Å². The zero-order valence-corrected chi connectivity index (χ0v) is 14.3. The van der Waals surface area contributed by atoms with Crippen molar-refractivity contribution in [2.45, 2.75) is 12.0 Å². The molecule has 3 aromatic rings. The van der Waals surface area contributed by atoms with Crippen molar-refractivity contribution in [1.29, 1.82) is 0 Å². The van der Waals surface area contributed by atoms with Gasteiger partial charge in [0.1, 0.15) is 11.9 Å². The highest BCUT2D eigenvalue weighted by atomic mass is 16.5. The Labute approximate surface area is 147 Å². The molecule has 0 fully saturated rings. The largest absolute Gasteiger partial charge is 0.497 e. The van der Waals surface area contributed by atoms with Crippen LogP contribution in [0.1, 0.15) is 27.5 Å². The summed E-state index contributed by atoms with van der Waals surface area (Å²) in [5.41, 5.74) is 2.24. The molecule has 0 saturated heterocycles. The van der Waals surface area contributed by atoms with E-state index in [1.165, 1.54) is 0 Å². The van der Waals surface area contributed by atoms with Crippen LogP contribution in [0.2, 0.25) is 0 Å². The lowest BCUT2D eigenvalue weighted by Gasteiger charge is -2.24. The van der Waals surface area contributed by atoms with Crippen LogP contribution < -0.4 is 4.74 Å². The lowest BCUT2D eigenvalue weighted by molar-refractivity contribution is 0.0711. The van der Waals surface area contributed by atoms with Gasteiger partial charge in [0.25, 0.3) is 0 Å². The number of hydrogen-bond acceptors (Lipinski definition) is 3. The van der Waals surface area contributed by atoms with Crippen LogP contribution in [-0.2, 0) is 7.05 Å². The number of aromatic nitrogens is 1. The molecule has 4 heteroatoms. The van der Waals surface area contributed by atoms with E-state index in [-0.39, 0.29) is 5.78 Å². The number of rotatable bonds is 6. The van der Waals surface area contributed by atoms with E-state index in [2.05, 4.69) is 0 Å². The topological polar surface area (TPSA) is 51.5 Å². The van der Waals surface area contributed by atoms with Gasteiger partial charge in [0.15, 0.2) is 5.78 Å². The summed E-state index contributed by atoms with van der Waals surface area (Å²) in [6.45, 7) is 0. The second kappa shape index (κ2) is 7.36. The van der Waals surface area contributed by atoms with Crippen molar-refractivity contribution in [1.82, 2.24) is 4.57 Å². The van der Waals surface area contributed by atoms with Crippen LogP contribution in [-0.4, -0.2) is 28.7 Å². The van der Waals surface area contributed by atoms with Gasteiger partial charge in [-0.25, -0.2) is 0 Å². The Bertz CT molecular complexity index is 837. The van der Waals surface area contributed by atoms with E-state index >= 15 is 0 Å². The van der Waals surface area contributed by atoms with E-state index in [1.54, 1.807) is 31.4 Å². The molecule has 0 aliphatic rings. The number of hydrogen-bond donors (Lipinski definition) is 1. The first-order valence-corrected chi connectivity index (χ1v) is 8.14. The fourth-order valence-corrected chi connectivity index (χ4v) is 3.05. The number of aliphatic hydroxyl groups excluding tert-OH is 1. The van der Waals surface area contributed by atoms with E-state index < -0.39 is 12.0 Å². The standard InChI is InChI=1S/C21H21NO3/c1-22-14-6-9-18(22)19(15-10-12-17(25-2)13-11-15)21(24)20(23)16-7-4-3-5-8-16/h3-14,19,21,24H,1-2H3/t19-,21-/m0/s1. The van der Waals surface area contributed by atoms with Crippen LogP contribution in [0, 0.1) is 0 Å². The van der Waals surface area contributed by atoms with E-state index in [0.29, 0.717) is 5.56 Å². The van der Waals surface area contributed by atoms with Crippen molar-refractivity contribution in [2.24, 2.45) is 7.05 Å². The maximum Gasteiger partial charge on any atom is 0.192 e. The summed E-state index contributed by atoms with van der Waals surface area (Å²) < 4.78 is 7.13. The molecule has 0 unspecified atom stereocenters. The number of ether oxygens (including phenoxy) is 1. The molecule has 0 radical (unpaired) electrons. The lowest BCUT2D eigenvalue weighted by Crippen LogP contribution is -2.30. The molecule has 0 bridgehead atoms. The Kier molecular flexibility index (Phi) is 5.00. The monoisotopic (exact) mass is 335 g/mol. The van der Waals surface area contributed by atoms with Crippen molar-refractivity contribution in [2.75, 3.05) is 7.11 Å². The number of aliphatic hydroxyl groups is 1. The molecule has 128 valence electrons. The van der Waals surface area contributed by atoms with Crippen molar-refractivity contribution in [3.8, 4) is 5.75 Å². The molecule has 1 heterocycles. The highest BCUT2D eigenvalue weighted by Gasteiger charge is 2.31. The first-order chi connectivity index (χ1) is 12.1. The highest BCUT2D eigenvalue weighted by Crippen LogP contribution is 2.31. The van der Waals surface area contributed by atoms with E-state index in [1.807, 2.05) is 60.3 Å². The second-order valence-electron chi connectivity index (χ2n) is 5.97. The molecular formula is C21H21NO3. The quantitative estimate of drug-likeness (QED) is 0.702. The average Bonchev–Trinajstić information content (AvgIpc) is 3.08. The third kappa shape index (κ3) is 3.49. The van der Waals surface area contributed by atoms with Crippen LogP contribution in [0.25, 0.3) is 0 Å². The molecule has 1 N–H and O–H groups in total. The summed E-state index contributed by atoms with van der Waals surface area (Å²) in [6.07, 6.45) is 0.732. The average molecular weight is 335 g/mol. The van der Waals surface area contributed by atoms with Gasteiger partial charge in [0, 0.05) is 24.5 Å². The number of ketones is 1. The van der Waals surface area contributed by atoms with Crippen LogP contribution in [0.5, 0.6) is 5.75 Å². The maximum atomic E-state index is 12.8. The Balaban J connectivity index is 2.01. The van der Waals surface area contributed by atoms with Crippen LogP contribution in [0.15, 0.2) is 72.9 Å². The predicted molar refractivity (Wildman–Crippen MR) is 97.0 cm³/mol. The summed E-state index contributed by atoms with van der Waals surface area (Å²) in [7, 11) is 3.52. The summed E-state index contributed by atoms with van der Waals surface area (Å²) >= 11 is 0. The maximum absolute atomic E-state index is 12.8. The van der Waals surface area contributed by atoms with Crippen LogP contribution in [0.4, 0.5) is 0 Å². The number of methoxy groups -OCH3 is 1. The molecule has 0 amide bonds. The molecule has 0 aliphatic carbocycles. The molecule has 2 aromatic carbocycles. The molecule has 3 rings (SSSR count). The molecule has 0 spiro atoms. The molecule has 4 nitrogen and oxygen atoms in total. The fourth-order valence-electron chi connectivity index (χ4n) is 3.05. The van der Waals surface area contributed by atoms with E-state index in [4.69, 9.17) is 4.74 Å². The normalized spacial score (nSPS) is 13.2. The van der Waals surface area contributed by atoms with Crippen molar-refractivity contribution in [3.05, 3.63) is 89.7 Å². The van der Waals surface area contributed by atoms with Gasteiger partial charge in [-0.15, -0.1) is 0 Å². The summed E-state index contributed by atoms with van der Waals surface area (Å²) in [5.74, 6) is -0.0144. The zero-order chi connectivity index (χ0) is 17.8. The molecule has 2 atom stereocenters. The number of carbonyl (C=O) groups excluding carboxylic acids is 1. The van der Waals surface area contributed by atoms with E-state index in [9.17, 15) is 9.90 Å². The number of Topliss-reactive ketones (excluding diaryl/α,β-unsaturated/α-hetero) is 1. The van der Waals surface area contributed by atoms with Gasteiger partial charge in [-0.1, -0.05) is 42.5 Å². The van der Waals surface area contributed by atoms with Gasteiger partial charge < -0.3 is 14.4 Å². The molecule has 25 heavy (non-hydrogen) atoms. The van der Waals surface area contributed by atoms with Gasteiger partial charge in [0.2, 0.25) is 0 Å². The Morgan fingerprint density at radius 2 is 1.68 bits per heavy atom. The summed E-state index contributed by atoms with van der Waals surface area (Å²) in [6, 6.07) is 20.2. The minimum Gasteiger partial charge on any atom is -0.497 e. The van der Waals surface area contributed by atoms with Crippen molar-refractivity contribution >= 4 is 5.78 Å². The second-order valence-corrected chi connectivity index (χ2v) is 5.97. The molecule has 0 saturated carbocycles. The highest BCUT2D eigenvalue weighted by molar-refractivity contribution is 6.00. The van der Waals surface area contributed by atoms with Crippen LogP contribution >= 0.6 is 0 Å². The van der Waals surface area contributed by atoms with E-state index in [0.717, 1.165) is 17.0 Å². The van der Waals surface area contributed by atoms with Gasteiger partial charge >= 0.3 is 0 Å². The first-order valence-electron chi connectivity index (χ1n) is 8.14. The van der Waals surface area contributed by atoms with Gasteiger partial charge in [-0.05, 0) is 29.8 Å². The summed E-state index contributed by atoms with van der Waals surface area (Å²) in [4.78, 5) is 12.8. The minimum absolute atomic E-state index is 0.289. The number of carbonyl (C=O) groups is 1. The Morgan fingerprint density at radius 3 is 2.24 bits per heavy atom. The smallest absolute Gasteiger partial charge is 0.192 e. The number of benzene rings is 2. The van der Waals surface area contributed by atoms with Gasteiger partial charge in [0.05, 0.1) is 13.0 Å². The van der Waals surface area contributed by atoms with Gasteiger partial charge in [-0.2, -0.15) is 0 Å². The molecule has 1 aromatic heterocycles. The molecular weight excluding hydrogens is 314 g/mol. The van der Waals surface area contributed by atoms with Gasteiger partial charge in [-0.3, -0.25) is 4.79 Å². The zero-order valence-electron chi connectivity index (χ0n) is 14.3. The SMILES string of the molecule is COc1ccc([C@@H](c2cccn2C)[C@H](O)C(=O)c2ccccc2)cc1. The third-order valence-corrected chi connectivity index (χ3v) is 4.42. The third-order valence-electron chi connectivity index (χ3n) is 4.42. The number of nitrogens with zero attached hydrogens (tertiary/aromatic N) is 1. The fraction of sp³-hybridized carbons (Fsp3) is 0.190. The lowest BCUT2D eigenvalue weighted by atomic mass is 9.86. The minimum atomic E-state index is -1.18. The van der Waals surface area contributed by atoms with Crippen molar-refractivity contribution in [3.63, 3.8) is 0 Å². The first kappa shape index (κ1) is 17.0. The predicted octanol–water partition coefficient (Wildman–Crippen LogP) is 3.41.